The van der Waals surface area contributed by atoms with Crippen LogP contribution in [-0.4, -0.2) is 24.2 Å². The first kappa shape index (κ1) is 15.5. The van der Waals surface area contributed by atoms with Gasteiger partial charge in [0.2, 0.25) is 5.91 Å². The fourth-order valence-electron chi connectivity index (χ4n) is 2.72. The van der Waals surface area contributed by atoms with Crippen molar-refractivity contribution in [3.8, 4) is 5.75 Å². The van der Waals surface area contributed by atoms with Gasteiger partial charge in [-0.1, -0.05) is 30.3 Å². The summed E-state index contributed by atoms with van der Waals surface area (Å²) in [5.41, 5.74) is 0.282. The molecular weight excluding hydrogens is 297 g/mol. The Balaban J connectivity index is 1.64. The monoisotopic (exact) mass is 315 g/mol. The second-order valence-electron chi connectivity index (χ2n) is 5.71. The summed E-state index contributed by atoms with van der Waals surface area (Å²) in [6.07, 6.45) is 0.565. The van der Waals surface area contributed by atoms with Crippen molar-refractivity contribution in [2.75, 3.05) is 13.2 Å². The van der Waals surface area contributed by atoms with E-state index in [0.29, 0.717) is 24.3 Å². The molecule has 5 heteroatoms. The molecule has 0 unspecified atom stereocenters. The highest BCUT2D eigenvalue weighted by Crippen LogP contribution is 2.36. The molecule has 1 amide bonds. The Hall–Kier alpha value is -2.40. The van der Waals surface area contributed by atoms with E-state index in [1.54, 1.807) is 24.3 Å². The minimum absolute atomic E-state index is 0.118. The average Bonchev–Trinajstić information content (AvgIpc) is 2.56. The summed E-state index contributed by atoms with van der Waals surface area (Å²) >= 11 is 0. The second kappa shape index (κ2) is 6.38. The minimum atomic E-state index is -1.13. The highest BCUT2D eigenvalue weighted by molar-refractivity contribution is 5.78. The van der Waals surface area contributed by atoms with E-state index in [1.165, 1.54) is 12.1 Å². The van der Waals surface area contributed by atoms with Crippen LogP contribution in [0.15, 0.2) is 48.5 Å². The number of hydrogen-bond donors (Lipinski definition) is 2. The average molecular weight is 315 g/mol. The number of amides is 1. The number of fused-ring (bicyclic) bond motifs is 1. The van der Waals surface area contributed by atoms with Crippen molar-refractivity contribution in [3.05, 3.63) is 65.5 Å². The quantitative estimate of drug-likeness (QED) is 0.909. The van der Waals surface area contributed by atoms with Crippen LogP contribution >= 0.6 is 0 Å². The van der Waals surface area contributed by atoms with Crippen molar-refractivity contribution in [1.29, 1.82) is 0 Å². The summed E-state index contributed by atoms with van der Waals surface area (Å²) in [4.78, 5) is 12.0. The SMILES string of the molecule is O=C(Cc1ccc(F)cc1)NC[C@@]1(O)CCOc2ccccc21. The zero-order valence-electron chi connectivity index (χ0n) is 12.6. The minimum Gasteiger partial charge on any atom is -0.493 e. The standard InChI is InChI=1S/C18H18FNO3/c19-14-7-5-13(6-8-14)11-17(21)20-12-18(22)9-10-23-16-4-2-1-3-15(16)18/h1-8,22H,9-12H2,(H,20,21)/t18-/m0/s1. The predicted molar refractivity (Wildman–Crippen MR) is 83.6 cm³/mol. The molecule has 0 aromatic heterocycles. The Bertz CT molecular complexity index is 702. The predicted octanol–water partition coefficient (Wildman–Crippen LogP) is 2.15. The summed E-state index contributed by atoms with van der Waals surface area (Å²) < 4.78 is 18.4. The van der Waals surface area contributed by atoms with Gasteiger partial charge in [-0.3, -0.25) is 4.79 Å². The summed E-state index contributed by atoms with van der Waals surface area (Å²) in [6, 6.07) is 13.1. The Morgan fingerprint density at radius 3 is 2.74 bits per heavy atom. The number of hydrogen-bond acceptors (Lipinski definition) is 3. The van der Waals surface area contributed by atoms with Gasteiger partial charge in [0.25, 0.3) is 0 Å². The van der Waals surface area contributed by atoms with Gasteiger partial charge in [0.1, 0.15) is 17.2 Å². The van der Waals surface area contributed by atoms with Gasteiger partial charge in [0, 0.05) is 12.0 Å². The van der Waals surface area contributed by atoms with E-state index in [9.17, 15) is 14.3 Å². The molecular formula is C18H18FNO3. The third-order valence-corrected chi connectivity index (χ3v) is 4.02. The highest BCUT2D eigenvalue weighted by Gasteiger charge is 2.35. The van der Waals surface area contributed by atoms with E-state index in [4.69, 9.17) is 4.74 Å². The number of carbonyl (C=O) groups excluding carboxylic acids is 1. The number of para-hydroxylation sites is 1. The van der Waals surface area contributed by atoms with Crippen molar-refractivity contribution in [2.24, 2.45) is 0 Å². The van der Waals surface area contributed by atoms with E-state index in [0.717, 1.165) is 5.56 Å². The first-order chi connectivity index (χ1) is 11.1. The smallest absolute Gasteiger partial charge is 0.224 e. The molecule has 3 rings (SSSR count). The van der Waals surface area contributed by atoms with Gasteiger partial charge in [-0.2, -0.15) is 0 Å². The number of rotatable bonds is 4. The molecule has 0 spiro atoms. The number of nitrogens with one attached hydrogen (secondary N) is 1. The Morgan fingerprint density at radius 1 is 1.22 bits per heavy atom. The molecule has 4 nitrogen and oxygen atoms in total. The van der Waals surface area contributed by atoms with Gasteiger partial charge in [-0.15, -0.1) is 0 Å². The van der Waals surface area contributed by atoms with Crippen molar-refractivity contribution < 1.29 is 19.0 Å². The lowest BCUT2D eigenvalue weighted by Gasteiger charge is -2.34. The van der Waals surface area contributed by atoms with Gasteiger partial charge < -0.3 is 15.2 Å². The molecule has 0 aliphatic carbocycles. The fourth-order valence-corrected chi connectivity index (χ4v) is 2.72. The lowest BCUT2D eigenvalue weighted by molar-refractivity contribution is -0.122. The second-order valence-corrected chi connectivity index (χ2v) is 5.71. The van der Waals surface area contributed by atoms with Crippen LogP contribution in [0.2, 0.25) is 0 Å². The van der Waals surface area contributed by atoms with E-state index >= 15 is 0 Å². The Morgan fingerprint density at radius 2 is 1.96 bits per heavy atom. The fraction of sp³-hybridized carbons (Fsp3) is 0.278. The molecule has 1 heterocycles. The summed E-state index contributed by atoms with van der Waals surface area (Å²) in [7, 11) is 0. The third kappa shape index (κ3) is 3.51. The maximum absolute atomic E-state index is 12.9. The van der Waals surface area contributed by atoms with Gasteiger partial charge >= 0.3 is 0 Å². The molecule has 1 atom stereocenters. The number of ether oxygens (including phenoxy) is 1. The van der Waals surface area contributed by atoms with Crippen molar-refractivity contribution >= 4 is 5.91 Å². The maximum atomic E-state index is 12.9. The van der Waals surface area contributed by atoms with Crippen LogP contribution in [0.5, 0.6) is 5.75 Å². The van der Waals surface area contributed by atoms with Crippen LogP contribution < -0.4 is 10.1 Å². The van der Waals surface area contributed by atoms with Crippen molar-refractivity contribution in [1.82, 2.24) is 5.32 Å². The first-order valence-electron chi connectivity index (χ1n) is 7.53. The molecule has 120 valence electrons. The lowest BCUT2D eigenvalue weighted by atomic mass is 9.88. The van der Waals surface area contributed by atoms with Crippen LogP contribution in [0, 0.1) is 5.82 Å². The summed E-state index contributed by atoms with van der Waals surface area (Å²) in [5.74, 6) is 0.102. The molecule has 2 aromatic rings. The number of carbonyl (C=O) groups is 1. The van der Waals surface area contributed by atoms with Crippen molar-refractivity contribution in [2.45, 2.75) is 18.4 Å². The third-order valence-electron chi connectivity index (χ3n) is 4.02. The molecule has 0 bridgehead atoms. The van der Waals surface area contributed by atoms with E-state index < -0.39 is 5.60 Å². The molecule has 1 aliphatic heterocycles. The number of aliphatic hydroxyl groups is 1. The molecule has 23 heavy (non-hydrogen) atoms. The molecule has 0 saturated heterocycles. The van der Waals surface area contributed by atoms with Crippen LogP contribution in [-0.2, 0) is 16.8 Å². The van der Waals surface area contributed by atoms with Gasteiger partial charge in [0.15, 0.2) is 0 Å². The zero-order valence-corrected chi connectivity index (χ0v) is 12.6. The Labute approximate surface area is 133 Å². The lowest BCUT2D eigenvalue weighted by Crippen LogP contribution is -2.44. The van der Waals surface area contributed by atoms with E-state index in [1.807, 2.05) is 12.1 Å². The molecule has 1 aliphatic rings. The van der Waals surface area contributed by atoms with Crippen LogP contribution in [0.4, 0.5) is 4.39 Å². The molecule has 0 saturated carbocycles. The molecule has 0 radical (unpaired) electrons. The van der Waals surface area contributed by atoms with Crippen molar-refractivity contribution in [3.63, 3.8) is 0 Å². The van der Waals surface area contributed by atoms with E-state index in [2.05, 4.69) is 5.32 Å². The largest absolute Gasteiger partial charge is 0.493 e. The van der Waals surface area contributed by atoms with E-state index in [-0.39, 0.29) is 24.7 Å². The van der Waals surface area contributed by atoms with Crippen LogP contribution in [0.1, 0.15) is 17.5 Å². The molecule has 2 N–H and O–H groups in total. The normalized spacial score (nSPS) is 19.6. The molecule has 2 aromatic carbocycles. The van der Waals surface area contributed by atoms with Gasteiger partial charge in [0.05, 0.1) is 19.6 Å². The zero-order chi connectivity index (χ0) is 16.3. The Kier molecular flexibility index (Phi) is 4.30. The number of halogens is 1. The summed E-state index contributed by atoms with van der Waals surface area (Å²) in [5, 5.41) is 13.6. The topological polar surface area (TPSA) is 58.6 Å². The highest BCUT2D eigenvalue weighted by atomic mass is 19.1. The van der Waals surface area contributed by atoms with Crippen LogP contribution in [0.25, 0.3) is 0 Å². The molecule has 0 fully saturated rings. The number of benzene rings is 2. The van der Waals surface area contributed by atoms with Gasteiger partial charge in [-0.05, 0) is 23.8 Å². The summed E-state index contributed by atoms with van der Waals surface area (Å²) in [6.45, 7) is 0.523. The van der Waals surface area contributed by atoms with Crippen LogP contribution in [0.3, 0.4) is 0 Å². The first-order valence-corrected chi connectivity index (χ1v) is 7.53. The maximum Gasteiger partial charge on any atom is 0.224 e. The van der Waals surface area contributed by atoms with Gasteiger partial charge in [-0.25, -0.2) is 4.39 Å².